The molecule has 0 aliphatic heterocycles. The Hall–Kier alpha value is -1.80. The molecule has 22 heavy (non-hydrogen) atoms. The minimum Gasteiger partial charge on any atom is -0.493 e. The molecule has 0 unspecified atom stereocenters. The number of fused-ring (bicyclic) bond motifs is 1. The maximum Gasteiger partial charge on any atom is 0.127 e. The third-order valence-electron chi connectivity index (χ3n) is 3.80. The van der Waals surface area contributed by atoms with Crippen LogP contribution in [0.4, 0.5) is 0 Å². The van der Waals surface area contributed by atoms with Crippen LogP contribution < -0.4 is 4.74 Å². The number of halogens is 1. The van der Waals surface area contributed by atoms with Gasteiger partial charge in [0, 0.05) is 9.86 Å². The van der Waals surface area contributed by atoms with Gasteiger partial charge in [0.25, 0.3) is 0 Å². The van der Waals surface area contributed by atoms with E-state index in [1.54, 1.807) is 0 Å². The summed E-state index contributed by atoms with van der Waals surface area (Å²) in [5.41, 5.74) is 2.43. The smallest absolute Gasteiger partial charge is 0.127 e. The van der Waals surface area contributed by atoms with E-state index >= 15 is 0 Å². The quantitative estimate of drug-likeness (QED) is 0.478. The molecule has 0 aliphatic rings. The molecule has 0 heterocycles. The third kappa shape index (κ3) is 3.02. The normalized spacial score (nSPS) is 10.8. The number of hydrogen-bond donors (Lipinski definition) is 0. The standard InChI is InChI=1S/C20H19BrO/c1-2-3-14-22-20-13-12-16(15-8-4-5-10-18(15)20)17-9-6-7-11-19(17)21/h4-13H,2-3,14H2,1H3. The van der Waals surface area contributed by atoms with Crippen LogP contribution >= 0.6 is 15.9 Å². The van der Waals surface area contributed by atoms with Crippen LogP contribution in [-0.2, 0) is 0 Å². The lowest BCUT2D eigenvalue weighted by molar-refractivity contribution is 0.313. The summed E-state index contributed by atoms with van der Waals surface area (Å²) in [6.45, 7) is 2.95. The van der Waals surface area contributed by atoms with Gasteiger partial charge in [0.1, 0.15) is 5.75 Å². The van der Waals surface area contributed by atoms with Crippen molar-refractivity contribution < 1.29 is 4.74 Å². The van der Waals surface area contributed by atoms with Crippen LogP contribution in [0.5, 0.6) is 5.75 Å². The fourth-order valence-electron chi connectivity index (χ4n) is 2.64. The number of ether oxygens (including phenoxy) is 1. The summed E-state index contributed by atoms with van der Waals surface area (Å²) in [6.07, 6.45) is 2.23. The maximum atomic E-state index is 5.97. The largest absolute Gasteiger partial charge is 0.493 e. The molecular weight excluding hydrogens is 336 g/mol. The van der Waals surface area contributed by atoms with Gasteiger partial charge in [-0.25, -0.2) is 0 Å². The highest BCUT2D eigenvalue weighted by Crippen LogP contribution is 2.37. The zero-order valence-corrected chi connectivity index (χ0v) is 14.3. The first-order valence-corrected chi connectivity index (χ1v) is 8.50. The molecule has 0 amide bonds. The second-order valence-electron chi connectivity index (χ2n) is 5.34. The van der Waals surface area contributed by atoms with Crippen LogP contribution in [0.15, 0.2) is 65.1 Å². The van der Waals surface area contributed by atoms with E-state index in [4.69, 9.17) is 4.74 Å². The van der Waals surface area contributed by atoms with Crippen LogP contribution in [0.3, 0.4) is 0 Å². The molecule has 0 fully saturated rings. The molecule has 0 atom stereocenters. The minimum absolute atomic E-state index is 0.773. The zero-order chi connectivity index (χ0) is 15.4. The van der Waals surface area contributed by atoms with E-state index in [-0.39, 0.29) is 0 Å². The summed E-state index contributed by atoms with van der Waals surface area (Å²) in [5, 5.41) is 2.40. The molecule has 0 N–H and O–H groups in total. The van der Waals surface area contributed by atoms with E-state index in [2.05, 4.69) is 77.5 Å². The predicted octanol–water partition coefficient (Wildman–Crippen LogP) is 6.45. The topological polar surface area (TPSA) is 9.23 Å². The van der Waals surface area contributed by atoms with Gasteiger partial charge in [0.2, 0.25) is 0 Å². The van der Waals surface area contributed by atoms with E-state index in [1.807, 2.05) is 6.07 Å². The molecule has 3 rings (SSSR count). The monoisotopic (exact) mass is 354 g/mol. The van der Waals surface area contributed by atoms with Gasteiger partial charge in [-0.15, -0.1) is 0 Å². The van der Waals surface area contributed by atoms with Crippen LogP contribution in [0, 0.1) is 0 Å². The second kappa shape index (κ2) is 6.97. The Kier molecular flexibility index (Phi) is 4.79. The molecular formula is C20H19BrO. The molecule has 0 aromatic heterocycles. The fraction of sp³-hybridized carbons (Fsp3) is 0.200. The Balaban J connectivity index is 2.10. The molecule has 112 valence electrons. The SMILES string of the molecule is CCCCOc1ccc(-c2ccccc2Br)c2ccccc12. The highest BCUT2D eigenvalue weighted by Gasteiger charge is 2.10. The molecule has 3 aromatic carbocycles. The van der Waals surface area contributed by atoms with Crippen LogP contribution in [-0.4, -0.2) is 6.61 Å². The summed E-state index contributed by atoms with van der Waals surface area (Å²) in [5.74, 6) is 0.972. The third-order valence-corrected chi connectivity index (χ3v) is 4.50. The second-order valence-corrected chi connectivity index (χ2v) is 6.19. The van der Waals surface area contributed by atoms with Gasteiger partial charge < -0.3 is 4.74 Å². The van der Waals surface area contributed by atoms with Crippen molar-refractivity contribution >= 4 is 26.7 Å². The lowest BCUT2D eigenvalue weighted by atomic mass is 9.98. The summed E-state index contributed by atoms with van der Waals surface area (Å²) >= 11 is 3.66. The molecule has 0 spiro atoms. The Morgan fingerprint density at radius 1 is 0.818 bits per heavy atom. The number of unbranched alkanes of at least 4 members (excludes halogenated alkanes) is 1. The number of rotatable bonds is 5. The van der Waals surface area contributed by atoms with E-state index in [1.165, 1.54) is 21.9 Å². The molecule has 0 saturated carbocycles. The Bertz CT molecular complexity index is 780. The molecule has 0 radical (unpaired) electrons. The average Bonchev–Trinajstić information content (AvgIpc) is 2.56. The van der Waals surface area contributed by atoms with Crippen LogP contribution in [0.1, 0.15) is 19.8 Å². The first kappa shape index (κ1) is 15.1. The van der Waals surface area contributed by atoms with Crippen molar-refractivity contribution in [2.24, 2.45) is 0 Å². The molecule has 3 aromatic rings. The fourth-order valence-corrected chi connectivity index (χ4v) is 3.14. The summed E-state index contributed by atoms with van der Waals surface area (Å²) in [4.78, 5) is 0. The zero-order valence-electron chi connectivity index (χ0n) is 12.7. The van der Waals surface area contributed by atoms with E-state index in [0.717, 1.165) is 29.7 Å². The van der Waals surface area contributed by atoms with Crippen LogP contribution in [0.25, 0.3) is 21.9 Å². The molecule has 0 bridgehead atoms. The lowest BCUT2D eigenvalue weighted by Gasteiger charge is -2.13. The van der Waals surface area contributed by atoms with Gasteiger partial charge in [-0.05, 0) is 35.1 Å². The lowest BCUT2D eigenvalue weighted by Crippen LogP contribution is -1.97. The Morgan fingerprint density at radius 3 is 2.32 bits per heavy atom. The first-order chi connectivity index (χ1) is 10.8. The molecule has 2 heteroatoms. The minimum atomic E-state index is 0.773. The van der Waals surface area contributed by atoms with Crippen molar-refractivity contribution in [3.63, 3.8) is 0 Å². The van der Waals surface area contributed by atoms with Gasteiger partial charge in [-0.2, -0.15) is 0 Å². The molecule has 1 nitrogen and oxygen atoms in total. The predicted molar refractivity (Wildman–Crippen MR) is 97.5 cm³/mol. The Labute approximate surface area is 140 Å². The van der Waals surface area contributed by atoms with Gasteiger partial charge in [-0.1, -0.05) is 77.8 Å². The highest BCUT2D eigenvalue weighted by atomic mass is 79.9. The molecule has 0 aliphatic carbocycles. The number of benzene rings is 3. The first-order valence-electron chi connectivity index (χ1n) is 7.70. The highest BCUT2D eigenvalue weighted by molar-refractivity contribution is 9.10. The van der Waals surface area contributed by atoms with E-state index in [9.17, 15) is 0 Å². The molecule has 0 saturated heterocycles. The van der Waals surface area contributed by atoms with Crippen molar-refractivity contribution in [3.05, 3.63) is 65.1 Å². The summed E-state index contributed by atoms with van der Waals surface area (Å²) in [7, 11) is 0. The maximum absolute atomic E-state index is 5.97. The Morgan fingerprint density at radius 2 is 1.55 bits per heavy atom. The van der Waals surface area contributed by atoms with Crippen molar-refractivity contribution in [1.82, 2.24) is 0 Å². The summed E-state index contributed by atoms with van der Waals surface area (Å²) in [6, 6.07) is 21.0. The van der Waals surface area contributed by atoms with E-state index in [0.29, 0.717) is 0 Å². The van der Waals surface area contributed by atoms with Crippen molar-refractivity contribution in [2.45, 2.75) is 19.8 Å². The van der Waals surface area contributed by atoms with Gasteiger partial charge >= 0.3 is 0 Å². The van der Waals surface area contributed by atoms with Crippen LogP contribution in [0.2, 0.25) is 0 Å². The van der Waals surface area contributed by atoms with Gasteiger partial charge in [0.05, 0.1) is 6.61 Å². The van der Waals surface area contributed by atoms with Crippen molar-refractivity contribution in [2.75, 3.05) is 6.61 Å². The van der Waals surface area contributed by atoms with Gasteiger partial charge in [0.15, 0.2) is 0 Å². The summed E-state index contributed by atoms with van der Waals surface area (Å²) < 4.78 is 7.08. The number of hydrogen-bond acceptors (Lipinski definition) is 1. The van der Waals surface area contributed by atoms with E-state index < -0.39 is 0 Å². The van der Waals surface area contributed by atoms with Crippen molar-refractivity contribution in [1.29, 1.82) is 0 Å². The average molecular weight is 355 g/mol. The van der Waals surface area contributed by atoms with Crippen molar-refractivity contribution in [3.8, 4) is 16.9 Å². The van der Waals surface area contributed by atoms with Gasteiger partial charge in [-0.3, -0.25) is 0 Å².